The Labute approximate surface area is 191 Å². The Bertz CT molecular complexity index is 1200. The first kappa shape index (κ1) is 21.7. The van der Waals surface area contributed by atoms with Crippen LogP contribution in [0.1, 0.15) is 31.6 Å². The topological polar surface area (TPSA) is 81.9 Å². The third-order valence-corrected chi connectivity index (χ3v) is 6.45. The summed E-state index contributed by atoms with van der Waals surface area (Å²) in [5, 5.41) is 6.64. The average molecular weight is 478 g/mol. The molecule has 3 fully saturated rings. The Morgan fingerprint density at radius 2 is 2.06 bits per heavy atom. The standard InChI is InChI=1S/C22H19ClF3N5O2/c23-15-2-1-14(5-16(15)24)33-9-19(32)30-22-10-21(11-22,12-22)6-18-27-4-3-17(29-18)13-7-28-31(8-13)20(25)26/h1-5,7-8,20H,6,9-12H2,(H,30,32). The number of amides is 1. The second kappa shape index (κ2) is 8.02. The summed E-state index contributed by atoms with van der Waals surface area (Å²) in [7, 11) is 0. The predicted octanol–water partition coefficient (Wildman–Crippen LogP) is 4.19. The Morgan fingerprint density at radius 1 is 1.27 bits per heavy atom. The fourth-order valence-corrected chi connectivity index (χ4v) is 5.04. The van der Waals surface area contributed by atoms with E-state index >= 15 is 0 Å². The number of carbonyl (C=O) groups is 1. The highest BCUT2D eigenvalue weighted by molar-refractivity contribution is 6.30. The summed E-state index contributed by atoms with van der Waals surface area (Å²) in [5.74, 6) is -0.0136. The van der Waals surface area contributed by atoms with E-state index < -0.39 is 12.4 Å². The number of hydrogen-bond donors (Lipinski definition) is 1. The molecule has 11 heteroatoms. The Kier molecular flexibility index (Phi) is 5.27. The second-order valence-corrected chi connectivity index (χ2v) is 9.15. The molecule has 1 aromatic carbocycles. The summed E-state index contributed by atoms with van der Waals surface area (Å²) in [4.78, 5) is 21.1. The molecule has 3 saturated carbocycles. The van der Waals surface area contributed by atoms with Gasteiger partial charge < -0.3 is 10.1 Å². The molecule has 7 nitrogen and oxygen atoms in total. The summed E-state index contributed by atoms with van der Waals surface area (Å²) in [5.41, 5.74) is 0.819. The van der Waals surface area contributed by atoms with E-state index in [-0.39, 0.29) is 34.2 Å². The van der Waals surface area contributed by atoms with E-state index in [0.717, 1.165) is 25.3 Å². The molecule has 2 aromatic heterocycles. The normalized spacial score (nSPS) is 23.1. The first-order valence-electron chi connectivity index (χ1n) is 10.3. The van der Waals surface area contributed by atoms with Crippen molar-refractivity contribution in [3.63, 3.8) is 0 Å². The number of nitrogens with zero attached hydrogens (tertiary/aromatic N) is 4. The van der Waals surface area contributed by atoms with Gasteiger partial charge in [-0.1, -0.05) is 11.6 Å². The highest BCUT2D eigenvalue weighted by Gasteiger charge is 2.68. The summed E-state index contributed by atoms with van der Waals surface area (Å²) >= 11 is 5.64. The van der Waals surface area contributed by atoms with Crippen molar-refractivity contribution in [3.8, 4) is 17.0 Å². The average Bonchev–Trinajstić information content (AvgIpc) is 3.23. The van der Waals surface area contributed by atoms with Gasteiger partial charge in [-0.2, -0.15) is 13.9 Å². The monoisotopic (exact) mass is 477 g/mol. The van der Waals surface area contributed by atoms with E-state index in [2.05, 4.69) is 20.4 Å². The van der Waals surface area contributed by atoms with Crippen LogP contribution >= 0.6 is 11.6 Å². The zero-order chi connectivity index (χ0) is 23.2. The molecule has 0 atom stereocenters. The minimum atomic E-state index is -2.70. The van der Waals surface area contributed by atoms with Crippen molar-refractivity contribution in [1.29, 1.82) is 0 Å². The number of carbonyl (C=O) groups excluding carboxylic acids is 1. The highest BCUT2D eigenvalue weighted by atomic mass is 35.5. The van der Waals surface area contributed by atoms with Crippen molar-refractivity contribution < 1.29 is 22.7 Å². The van der Waals surface area contributed by atoms with E-state index in [1.165, 1.54) is 24.5 Å². The number of ether oxygens (including phenoxy) is 1. The molecule has 3 aromatic rings. The van der Waals surface area contributed by atoms with Gasteiger partial charge in [-0.25, -0.2) is 19.0 Å². The van der Waals surface area contributed by atoms with Crippen molar-refractivity contribution in [1.82, 2.24) is 25.1 Å². The zero-order valence-electron chi connectivity index (χ0n) is 17.3. The molecule has 3 aliphatic rings. The van der Waals surface area contributed by atoms with Gasteiger partial charge in [-0.15, -0.1) is 0 Å². The van der Waals surface area contributed by atoms with Crippen LogP contribution in [0, 0.1) is 11.2 Å². The fourth-order valence-electron chi connectivity index (χ4n) is 4.92. The molecular weight excluding hydrogens is 459 g/mol. The Morgan fingerprint density at radius 3 is 2.76 bits per heavy atom. The fraction of sp³-hybridized carbons (Fsp3) is 0.364. The molecule has 1 amide bonds. The van der Waals surface area contributed by atoms with Crippen LogP contribution in [0.25, 0.3) is 11.3 Å². The van der Waals surface area contributed by atoms with Crippen molar-refractivity contribution in [2.45, 2.75) is 37.8 Å². The molecule has 1 N–H and O–H groups in total. The third kappa shape index (κ3) is 4.27. The molecular formula is C22H19ClF3N5O2. The Hall–Kier alpha value is -3.14. The van der Waals surface area contributed by atoms with Crippen molar-refractivity contribution in [2.24, 2.45) is 5.41 Å². The molecule has 33 heavy (non-hydrogen) atoms. The number of nitrogens with one attached hydrogen (secondary N) is 1. The van der Waals surface area contributed by atoms with Crippen LogP contribution in [0.2, 0.25) is 5.02 Å². The van der Waals surface area contributed by atoms with Gasteiger partial charge in [0.05, 0.1) is 16.9 Å². The van der Waals surface area contributed by atoms with E-state index in [1.54, 1.807) is 12.3 Å². The molecule has 0 spiro atoms. The minimum absolute atomic E-state index is 0.0105. The lowest BCUT2D eigenvalue weighted by Gasteiger charge is -2.70. The van der Waals surface area contributed by atoms with Gasteiger partial charge in [0, 0.05) is 36.0 Å². The van der Waals surface area contributed by atoms with Crippen LogP contribution in [0.4, 0.5) is 13.2 Å². The van der Waals surface area contributed by atoms with Crippen LogP contribution in [-0.4, -0.2) is 37.8 Å². The van der Waals surface area contributed by atoms with Crippen LogP contribution in [-0.2, 0) is 11.2 Å². The van der Waals surface area contributed by atoms with Crippen LogP contribution < -0.4 is 10.1 Å². The van der Waals surface area contributed by atoms with Crippen molar-refractivity contribution in [3.05, 3.63) is 59.5 Å². The summed E-state index contributed by atoms with van der Waals surface area (Å²) in [6.07, 6.45) is 7.26. The lowest BCUT2D eigenvalue weighted by molar-refractivity contribution is -0.166. The molecule has 6 rings (SSSR count). The molecule has 172 valence electrons. The molecule has 0 radical (unpaired) electrons. The molecule has 0 saturated heterocycles. The third-order valence-electron chi connectivity index (χ3n) is 6.14. The van der Waals surface area contributed by atoms with Crippen LogP contribution in [0.5, 0.6) is 5.75 Å². The summed E-state index contributed by atoms with van der Waals surface area (Å²) in [6.45, 7) is -2.92. The van der Waals surface area contributed by atoms with Crippen molar-refractivity contribution in [2.75, 3.05) is 6.61 Å². The smallest absolute Gasteiger partial charge is 0.333 e. The van der Waals surface area contributed by atoms with Gasteiger partial charge in [0.15, 0.2) is 6.61 Å². The zero-order valence-corrected chi connectivity index (χ0v) is 18.0. The van der Waals surface area contributed by atoms with Gasteiger partial charge >= 0.3 is 6.55 Å². The number of hydrogen-bond acceptors (Lipinski definition) is 5. The number of halogens is 4. The Balaban J connectivity index is 1.13. The lowest BCUT2D eigenvalue weighted by Crippen LogP contribution is -2.75. The van der Waals surface area contributed by atoms with Crippen LogP contribution in [0.15, 0.2) is 42.9 Å². The van der Waals surface area contributed by atoms with Gasteiger partial charge in [0.25, 0.3) is 5.91 Å². The maximum Gasteiger partial charge on any atom is 0.333 e. The van der Waals surface area contributed by atoms with Gasteiger partial charge in [-0.3, -0.25) is 4.79 Å². The first-order chi connectivity index (χ1) is 15.7. The minimum Gasteiger partial charge on any atom is -0.484 e. The van der Waals surface area contributed by atoms with E-state index in [1.807, 2.05) is 0 Å². The van der Waals surface area contributed by atoms with Gasteiger partial charge in [0.2, 0.25) is 0 Å². The predicted molar refractivity (Wildman–Crippen MR) is 112 cm³/mol. The molecule has 0 unspecified atom stereocenters. The molecule has 3 aliphatic carbocycles. The maximum atomic E-state index is 13.5. The summed E-state index contributed by atoms with van der Waals surface area (Å²) in [6, 6.07) is 5.67. The maximum absolute atomic E-state index is 13.5. The van der Waals surface area contributed by atoms with Crippen LogP contribution in [0.3, 0.4) is 0 Å². The molecule has 2 bridgehead atoms. The van der Waals surface area contributed by atoms with E-state index in [9.17, 15) is 18.0 Å². The number of aromatic nitrogens is 4. The first-order valence-corrected chi connectivity index (χ1v) is 10.7. The van der Waals surface area contributed by atoms with E-state index in [0.29, 0.717) is 28.2 Å². The lowest BCUT2D eigenvalue weighted by atomic mass is 9.38. The quantitative estimate of drug-likeness (QED) is 0.526. The SMILES string of the molecule is O=C(COc1ccc(Cl)c(F)c1)NC12CC(Cc3nccc(-c4cnn(C(F)F)c4)n3)(C1)C2. The highest BCUT2D eigenvalue weighted by Crippen LogP contribution is 2.68. The summed E-state index contributed by atoms with van der Waals surface area (Å²) < 4.78 is 44.9. The number of benzene rings is 1. The number of rotatable bonds is 8. The number of alkyl halides is 2. The van der Waals surface area contributed by atoms with Crippen molar-refractivity contribution >= 4 is 17.5 Å². The van der Waals surface area contributed by atoms with Gasteiger partial charge in [-0.05, 0) is 42.9 Å². The molecule has 2 heterocycles. The largest absolute Gasteiger partial charge is 0.484 e. The van der Waals surface area contributed by atoms with Gasteiger partial charge in [0.1, 0.15) is 17.4 Å². The van der Waals surface area contributed by atoms with E-state index in [4.69, 9.17) is 16.3 Å². The molecule has 0 aliphatic heterocycles. The second-order valence-electron chi connectivity index (χ2n) is 8.74.